The number of carbonyl (C=O) groups excluding carboxylic acids is 1. The molecule has 0 spiro atoms. The van der Waals surface area contributed by atoms with Crippen molar-refractivity contribution in [2.45, 2.75) is 64.1 Å². The highest BCUT2D eigenvalue weighted by atomic mass is 16.5. The molecule has 2 N–H and O–H groups in total. The summed E-state index contributed by atoms with van der Waals surface area (Å²) in [5.74, 6) is 0.273. The highest BCUT2D eigenvalue weighted by Crippen LogP contribution is 2.22. The molecule has 1 saturated carbocycles. The normalized spacial score (nSPS) is 26.5. The largest absolute Gasteiger partial charge is 0.374 e. The summed E-state index contributed by atoms with van der Waals surface area (Å²) in [6.45, 7) is 7.67. The molecule has 0 aromatic carbocycles. The maximum Gasteiger partial charge on any atom is 0.236 e. The molecule has 0 aromatic heterocycles. The monoisotopic (exact) mass is 297 g/mol. The van der Waals surface area contributed by atoms with Crippen LogP contribution in [0.15, 0.2) is 0 Å². The molecule has 0 aromatic rings. The van der Waals surface area contributed by atoms with E-state index in [9.17, 15) is 4.79 Å². The molecule has 2 fully saturated rings. The molecule has 5 heteroatoms. The first-order valence-electron chi connectivity index (χ1n) is 8.50. The Hall–Kier alpha value is -0.650. The summed E-state index contributed by atoms with van der Waals surface area (Å²) in [6, 6.07) is 0.477. The quantitative estimate of drug-likeness (QED) is 0.829. The van der Waals surface area contributed by atoms with E-state index in [1.807, 2.05) is 6.92 Å². The number of rotatable bonds is 5. The average molecular weight is 297 g/mol. The van der Waals surface area contributed by atoms with E-state index in [2.05, 4.69) is 16.7 Å². The Kier molecular flexibility index (Phi) is 6.45. The van der Waals surface area contributed by atoms with Gasteiger partial charge in [0.25, 0.3) is 0 Å². The Morgan fingerprint density at radius 3 is 2.71 bits per heavy atom. The first-order valence-corrected chi connectivity index (χ1v) is 8.50. The lowest BCUT2D eigenvalue weighted by Gasteiger charge is -2.38. The number of carbonyl (C=O) groups is 1. The summed E-state index contributed by atoms with van der Waals surface area (Å²) in [4.78, 5) is 16.9. The predicted octanol–water partition coefficient (Wildman–Crippen LogP) is 1.22. The fourth-order valence-corrected chi connectivity index (χ4v) is 3.51. The van der Waals surface area contributed by atoms with Crippen LogP contribution in [0, 0.1) is 0 Å². The third-order valence-electron chi connectivity index (χ3n) is 4.80. The SMILES string of the molecule is CCN(C(=O)CN1CCOC(C(C)N)C1)C1CCCCC1. The number of likely N-dealkylation sites (N-methyl/N-ethyl adjacent to an activating group) is 1. The van der Waals surface area contributed by atoms with Gasteiger partial charge in [-0.15, -0.1) is 0 Å². The summed E-state index contributed by atoms with van der Waals surface area (Å²) in [7, 11) is 0. The van der Waals surface area contributed by atoms with Crippen LogP contribution in [-0.4, -0.2) is 66.7 Å². The van der Waals surface area contributed by atoms with Gasteiger partial charge >= 0.3 is 0 Å². The second-order valence-corrected chi connectivity index (χ2v) is 6.48. The van der Waals surface area contributed by atoms with Crippen LogP contribution in [0.2, 0.25) is 0 Å². The van der Waals surface area contributed by atoms with Gasteiger partial charge in [0.15, 0.2) is 0 Å². The zero-order valence-corrected chi connectivity index (χ0v) is 13.6. The fraction of sp³-hybridized carbons (Fsp3) is 0.938. The minimum Gasteiger partial charge on any atom is -0.374 e. The lowest BCUT2D eigenvalue weighted by Crippen LogP contribution is -2.53. The second-order valence-electron chi connectivity index (χ2n) is 6.48. The average Bonchev–Trinajstić information content (AvgIpc) is 2.49. The second kappa shape index (κ2) is 8.11. The van der Waals surface area contributed by atoms with Crippen molar-refractivity contribution in [2.24, 2.45) is 5.73 Å². The van der Waals surface area contributed by atoms with E-state index in [0.29, 0.717) is 19.2 Å². The first-order chi connectivity index (χ1) is 10.1. The van der Waals surface area contributed by atoms with E-state index < -0.39 is 0 Å². The molecule has 2 aliphatic rings. The van der Waals surface area contributed by atoms with Crippen molar-refractivity contribution in [3.05, 3.63) is 0 Å². The van der Waals surface area contributed by atoms with Crippen LogP contribution in [0.25, 0.3) is 0 Å². The number of nitrogens with two attached hydrogens (primary N) is 1. The summed E-state index contributed by atoms with van der Waals surface area (Å²) in [5.41, 5.74) is 5.92. The Labute approximate surface area is 128 Å². The molecule has 122 valence electrons. The van der Waals surface area contributed by atoms with Gasteiger partial charge in [0.1, 0.15) is 0 Å². The van der Waals surface area contributed by atoms with E-state index in [-0.39, 0.29) is 18.1 Å². The highest BCUT2D eigenvalue weighted by Gasteiger charge is 2.28. The molecule has 2 rings (SSSR count). The van der Waals surface area contributed by atoms with Gasteiger partial charge in [0.05, 0.1) is 19.3 Å². The van der Waals surface area contributed by atoms with Gasteiger partial charge in [0.2, 0.25) is 5.91 Å². The van der Waals surface area contributed by atoms with Crippen LogP contribution in [0.1, 0.15) is 46.0 Å². The van der Waals surface area contributed by atoms with Crippen LogP contribution >= 0.6 is 0 Å². The van der Waals surface area contributed by atoms with Gasteiger partial charge in [0, 0.05) is 31.7 Å². The summed E-state index contributed by atoms with van der Waals surface area (Å²) < 4.78 is 5.66. The van der Waals surface area contributed by atoms with Gasteiger partial charge in [-0.3, -0.25) is 9.69 Å². The van der Waals surface area contributed by atoms with E-state index >= 15 is 0 Å². The highest BCUT2D eigenvalue weighted by molar-refractivity contribution is 5.78. The van der Waals surface area contributed by atoms with Gasteiger partial charge in [-0.05, 0) is 26.7 Å². The first kappa shape index (κ1) is 16.7. The third-order valence-corrected chi connectivity index (χ3v) is 4.80. The summed E-state index contributed by atoms with van der Waals surface area (Å²) in [6.07, 6.45) is 6.24. The van der Waals surface area contributed by atoms with Gasteiger partial charge in [-0.2, -0.15) is 0 Å². The Morgan fingerprint density at radius 1 is 1.38 bits per heavy atom. The van der Waals surface area contributed by atoms with Crippen LogP contribution < -0.4 is 5.73 Å². The third kappa shape index (κ3) is 4.66. The van der Waals surface area contributed by atoms with E-state index in [4.69, 9.17) is 10.5 Å². The van der Waals surface area contributed by atoms with Crippen molar-refractivity contribution in [2.75, 3.05) is 32.8 Å². The molecule has 1 aliphatic heterocycles. The number of hydrogen-bond acceptors (Lipinski definition) is 4. The summed E-state index contributed by atoms with van der Waals surface area (Å²) >= 11 is 0. The van der Waals surface area contributed by atoms with Crippen molar-refractivity contribution in [1.82, 2.24) is 9.80 Å². The molecule has 0 radical (unpaired) electrons. The van der Waals surface area contributed by atoms with Crippen molar-refractivity contribution in [1.29, 1.82) is 0 Å². The van der Waals surface area contributed by atoms with Crippen molar-refractivity contribution in [3.63, 3.8) is 0 Å². The minimum absolute atomic E-state index is 0.0172. The molecule has 1 aliphatic carbocycles. The van der Waals surface area contributed by atoms with Crippen molar-refractivity contribution >= 4 is 5.91 Å². The summed E-state index contributed by atoms with van der Waals surface area (Å²) in [5, 5.41) is 0. The lowest BCUT2D eigenvalue weighted by molar-refractivity contribution is -0.137. The molecular formula is C16H31N3O2. The zero-order valence-electron chi connectivity index (χ0n) is 13.6. The van der Waals surface area contributed by atoms with Crippen LogP contribution in [0.5, 0.6) is 0 Å². The molecule has 21 heavy (non-hydrogen) atoms. The Morgan fingerprint density at radius 2 is 2.10 bits per heavy atom. The zero-order chi connectivity index (χ0) is 15.2. The van der Waals surface area contributed by atoms with E-state index in [1.165, 1.54) is 32.1 Å². The van der Waals surface area contributed by atoms with Gasteiger partial charge in [-0.1, -0.05) is 19.3 Å². The molecule has 1 heterocycles. The molecule has 2 atom stereocenters. The molecule has 5 nitrogen and oxygen atoms in total. The lowest BCUT2D eigenvalue weighted by atomic mass is 9.94. The van der Waals surface area contributed by atoms with Crippen LogP contribution in [-0.2, 0) is 9.53 Å². The number of nitrogens with zero attached hydrogens (tertiary/aromatic N) is 2. The van der Waals surface area contributed by atoms with Crippen LogP contribution in [0.4, 0.5) is 0 Å². The number of hydrogen-bond donors (Lipinski definition) is 1. The smallest absolute Gasteiger partial charge is 0.236 e. The Bertz CT molecular complexity index is 329. The number of ether oxygens (including phenoxy) is 1. The topological polar surface area (TPSA) is 58.8 Å². The van der Waals surface area contributed by atoms with Gasteiger partial charge < -0.3 is 15.4 Å². The maximum atomic E-state index is 12.6. The molecular weight excluding hydrogens is 266 g/mol. The van der Waals surface area contributed by atoms with Gasteiger partial charge in [-0.25, -0.2) is 0 Å². The number of morpholine rings is 1. The standard InChI is InChI=1S/C16H31N3O2/c1-3-19(14-7-5-4-6-8-14)16(20)12-18-9-10-21-15(11-18)13(2)17/h13-15H,3-12,17H2,1-2H3. The number of amides is 1. The van der Waals surface area contributed by atoms with Crippen LogP contribution in [0.3, 0.4) is 0 Å². The van der Waals surface area contributed by atoms with E-state index in [0.717, 1.165) is 19.6 Å². The van der Waals surface area contributed by atoms with Crippen molar-refractivity contribution in [3.8, 4) is 0 Å². The Balaban J connectivity index is 1.86. The maximum absolute atomic E-state index is 12.6. The minimum atomic E-state index is 0.0172. The molecule has 0 bridgehead atoms. The molecule has 1 amide bonds. The molecule has 1 saturated heterocycles. The van der Waals surface area contributed by atoms with E-state index in [1.54, 1.807) is 0 Å². The molecule has 2 unspecified atom stereocenters. The fourth-order valence-electron chi connectivity index (χ4n) is 3.51. The predicted molar refractivity (Wildman–Crippen MR) is 84.1 cm³/mol. The van der Waals surface area contributed by atoms with Crippen molar-refractivity contribution < 1.29 is 9.53 Å².